The Hall–Kier alpha value is -2.67. The molecule has 1 aliphatic carbocycles. The van der Waals surface area contributed by atoms with Crippen LogP contribution in [0.5, 0.6) is 0 Å². The van der Waals surface area contributed by atoms with Crippen molar-refractivity contribution in [3.8, 4) is 10.4 Å². The smallest absolute Gasteiger partial charge is 0.241 e. The number of hydrogen-bond donors (Lipinski definition) is 3. The number of ether oxygens (including phenoxy) is 2. The van der Waals surface area contributed by atoms with Crippen LogP contribution >= 0.6 is 11.3 Å². The van der Waals surface area contributed by atoms with Crippen molar-refractivity contribution in [2.75, 3.05) is 18.8 Å². The number of aromatic nitrogens is 1. The number of carbonyl (C=O) groups excluding carboxylic acids is 1. The van der Waals surface area contributed by atoms with E-state index in [1.165, 1.54) is 5.56 Å². The van der Waals surface area contributed by atoms with Gasteiger partial charge in [-0.15, -0.1) is 11.3 Å². The van der Waals surface area contributed by atoms with Crippen LogP contribution in [0.1, 0.15) is 102 Å². The van der Waals surface area contributed by atoms with E-state index in [1.54, 1.807) is 35.7 Å². The monoisotopic (exact) mass is 670 g/mol. The molecule has 1 aromatic heterocycles. The van der Waals surface area contributed by atoms with Gasteiger partial charge in [0.25, 0.3) is 0 Å². The Kier molecular flexibility index (Phi) is 12.9. The molecule has 0 spiro atoms. The second-order valence-electron chi connectivity index (χ2n) is 13.5. The van der Waals surface area contributed by atoms with E-state index >= 15 is 0 Å². The van der Waals surface area contributed by atoms with Crippen LogP contribution in [0.25, 0.3) is 10.4 Å². The second kappa shape index (κ2) is 16.4. The molecule has 46 heavy (non-hydrogen) atoms. The van der Waals surface area contributed by atoms with E-state index in [0.717, 1.165) is 35.6 Å². The number of sulfonamides is 1. The van der Waals surface area contributed by atoms with Crippen LogP contribution in [0.15, 0.2) is 59.6 Å². The minimum atomic E-state index is -3.91. The lowest BCUT2D eigenvalue weighted by atomic mass is 9.86. The fourth-order valence-corrected chi connectivity index (χ4v) is 8.41. The van der Waals surface area contributed by atoms with Crippen LogP contribution in [0.4, 0.5) is 5.69 Å². The first-order valence-corrected chi connectivity index (χ1v) is 18.5. The number of rotatable bonds is 15. The average Bonchev–Trinajstić information content (AvgIpc) is 3.49. The Bertz CT molecular complexity index is 1510. The molecule has 1 fully saturated rings. The molecule has 0 radical (unpaired) electrons. The summed E-state index contributed by atoms with van der Waals surface area (Å²) in [6, 6.07) is 15.6. The molecule has 252 valence electrons. The zero-order valence-corrected chi connectivity index (χ0v) is 29.6. The lowest BCUT2D eigenvalue weighted by molar-refractivity contribution is -0.116. The molecular formula is C35H50N4O5S2. The highest BCUT2D eigenvalue weighted by Crippen LogP contribution is 2.40. The van der Waals surface area contributed by atoms with E-state index in [9.17, 15) is 13.2 Å². The SMILES string of the molecule is CC(C)OCOCNC1CCC(c2ncc(-c3ccc(NC(=O)CC[C@H](C)c4ccccc4)cc3S(=O)(=O)NC(C)(C)C)s2)CC1. The molecule has 3 N–H and O–H groups in total. The van der Waals surface area contributed by atoms with Gasteiger partial charge in [0.1, 0.15) is 6.79 Å². The highest BCUT2D eigenvalue weighted by molar-refractivity contribution is 7.89. The lowest BCUT2D eigenvalue weighted by Gasteiger charge is -2.28. The molecule has 1 heterocycles. The van der Waals surface area contributed by atoms with E-state index in [-0.39, 0.29) is 29.6 Å². The number of nitrogens with zero attached hydrogens (tertiary/aromatic N) is 1. The van der Waals surface area contributed by atoms with Crippen LogP contribution in [0.3, 0.4) is 0 Å². The van der Waals surface area contributed by atoms with Crippen molar-refractivity contribution >= 4 is 33.0 Å². The van der Waals surface area contributed by atoms with Gasteiger partial charge in [-0.05, 0) is 90.3 Å². The molecule has 0 aliphatic heterocycles. The van der Waals surface area contributed by atoms with E-state index in [0.29, 0.717) is 42.8 Å². The van der Waals surface area contributed by atoms with Gasteiger partial charge in [-0.1, -0.05) is 43.3 Å². The summed E-state index contributed by atoms with van der Waals surface area (Å²) in [4.78, 5) is 18.6. The second-order valence-corrected chi connectivity index (χ2v) is 16.2. The maximum absolute atomic E-state index is 13.7. The van der Waals surface area contributed by atoms with Crippen molar-refractivity contribution in [2.45, 2.75) is 114 Å². The summed E-state index contributed by atoms with van der Waals surface area (Å²) in [6.07, 6.45) is 6.97. The lowest BCUT2D eigenvalue weighted by Crippen LogP contribution is -2.40. The topological polar surface area (TPSA) is 119 Å². The van der Waals surface area contributed by atoms with Gasteiger partial charge in [-0.3, -0.25) is 10.1 Å². The summed E-state index contributed by atoms with van der Waals surface area (Å²) in [5, 5.41) is 7.40. The van der Waals surface area contributed by atoms with Crippen LogP contribution < -0.4 is 15.4 Å². The predicted molar refractivity (Wildman–Crippen MR) is 186 cm³/mol. The van der Waals surface area contributed by atoms with Crippen LogP contribution in [-0.2, 0) is 24.3 Å². The van der Waals surface area contributed by atoms with Gasteiger partial charge in [0.15, 0.2) is 0 Å². The van der Waals surface area contributed by atoms with E-state index < -0.39 is 15.6 Å². The first-order chi connectivity index (χ1) is 21.8. The van der Waals surface area contributed by atoms with Gasteiger partial charge in [0.2, 0.25) is 15.9 Å². The molecular weight excluding hydrogens is 621 g/mol. The summed E-state index contributed by atoms with van der Waals surface area (Å²) in [5.74, 6) is 0.409. The molecule has 2 aromatic carbocycles. The van der Waals surface area contributed by atoms with Gasteiger partial charge >= 0.3 is 0 Å². The molecule has 11 heteroatoms. The Morgan fingerprint density at radius 1 is 1.04 bits per heavy atom. The molecule has 4 rings (SSSR count). The van der Waals surface area contributed by atoms with Gasteiger partial charge in [0.05, 0.1) is 27.6 Å². The number of amides is 1. The quantitative estimate of drug-likeness (QED) is 0.114. The molecule has 0 unspecified atom stereocenters. The Morgan fingerprint density at radius 2 is 1.76 bits per heavy atom. The molecule has 1 saturated carbocycles. The number of anilines is 1. The number of benzene rings is 2. The highest BCUT2D eigenvalue weighted by atomic mass is 32.2. The maximum Gasteiger partial charge on any atom is 0.241 e. The normalized spacial score (nSPS) is 18.1. The van der Waals surface area contributed by atoms with Gasteiger partial charge in [0, 0.05) is 41.4 Å². The summed E-state index contributed by atoms with van der Waals surface area (Å²) in [7, 11) is -3.91. The average molecular weight is 671 g/mol. The van der Waals surface area contributed by atoms with Crippen LogP contribution in [0.2, 0.25) is 0 Å². The Morgan fingerprint density at radius 3 is 2.43 bits per heavy atom. The van der Waals surface area contributed by atoms with Crippen molar-refractivity contribution < 1.29 is 22.7 Å². The summed E-state index contributed by atoms with van der Waals surface area (Å²) >= 11 is 1.55. The van der Waals surface area contributed by atoms with Crippen molar-refractivity contribution in [1.82, 2.24) is 15.0 Å². The zero-order chi connectivity index (χ0) is 33.3. The third kappa shape index (κ3) is 11.0. The molecule has 1 amide bonds. The largest absolute Gasteiger partial charge is 0.353 e. The summed E-state index contributed by atoms with van der Waals surface area (Å²) in [5.41, 5.74) is 1.53. The van der Waals surface area contributed by atoms with Crippen molar-refractivity contribution in [2.24, 2.45) is 0 Å². The molecule has 0 bridgehead atoms. The first-order valence-electron chi connectivity index (χ1n) is 16.2. The van der Waals surface area contributed by atoms with E-state index in [2.05, 4.69) is 34.4 Å². The standard InChI is InChI=1S/C35H50N4O5S2/c1-24(2)44-23-43-22-37-28-15-13-27(14-16-28)34-36-21-31(45-34)30-18-17-29(20-32(30)46(41,42)39-35(4,5)6)38-33(40)19-12-25(3)26-10-8-7-9-11-26/h7-11,17-18,20-21,24-25,27-28,37,39H,12-16,19,22-23H2,1-6H3,(H,38,40)/t25-,27?,28?/m0/s1. The molecule has 0 saturated heterocycles. The zero-order valence-electron chi connectivity index (χ0n) is 28.0. The fraction of sp³-hybridized carbons (Fsp3) is 0.543. The third-order valence-corrected chi connectivity index (χ3v) is 11.0. The minimum Gasteiger partial charge on any atom is -0.353 e. The van der Waals surface area contributed by atoms with Crippen LogP contribution in [0, 0.1) is 0 Å². The maximum atomic E-state index is 13.7. The van der Waals surface area contributed by atoms with E-state index in [1.807, 2.05) is 52.8 Å². The number of thiazole rings is 1. The minimum absolute atomic E-state index is 0.127. The van der Waals surface area contributed by atoms with Gasteiger partial charge in [-0.2, -0.15) is 0 Å². The van der Waals surface area contributed by atoms with E-state index in [4.69, 9.17) is 14.5 Å². The number of carbonyl (C=O) groups is 1. The molecule has 1 atom stereocenters. The van der Waals surface area contributed by atoms with Crippen molar-refractivity contribution in [3.05, 3.63) is 65.3 Å². The fourth-order valence-electron chi connectivity index (χ4n) is 5.55. The number of hydrogen-bond acceptors (Lipinski definition) is 8. The molecule has 1 aliphatic rings. The van der Waals surface area contributed by atoms with Crippen LogP contribution in [-0.4, -0.2) is 50.5 Å². The molecule has 9 nitrogen and oxygen atoms in total. The van der Waals surface area contributed by atoms with Crippen molar-refractivity contribution in [3.63, 3.8) is 0 Å². The van der Waals surface area contributed by atoms with Crippen molar-refractivity contribution in [1.29, 1.82) is 0 Å². The predicted octanol–water partition coefficient (Wildman–Crippen LogP) is 7.38. The third-order valence-electron chi connectivity index (χ3n) is 7.99. The number of nitrogens with one attached hydrogen (secondary N) is 3. The Balaban J connectivity index is 1.44. The summed E-state index contributed by atoms with van der Waals surface area (Å²) in [6.45, 7) is 12.2. The van der Waals surface area contributed by atoms with Gasteiger partial charge < -0.3 is 14.8 Å². The first kappa shape index (κ1) is 36.2. The Labute approximate surface area is 278 Å². The summed E-state index contributed by atoms with van der Waals surface area (Å²) < 4.78 is 41.1. The highest BCUT2D eigenvalue weighted by Gasteiger charge is 2.28. The molecule has 3 aromatic rings. The van der Waals surface area contributed by atoms with Gasteiger partial charge in [-0.25, -0.2) is 18.1 Å².